The lowest BCUT2D eigenvalue weighted by molar-refractivity contribution is -0.120. The van der Waals surface area contributed by atoms with Crippen LogP contribution in [-0.2, 0) is 57.6 Å². The number of carbonyl (C=O) groups excluding carboxylic acids is 7. The van der Waals surface area contributed by atoms with Crippen LogP contribution in [0.15, 0.2) is 36.4 Å². The maximum atomic E-state index is 12.2. The Morgan fingerprint density at radius 1 is 0.351 bits per heavy atom. The Bertz CT molecular complexity index is 2330. The molecular formula is C61H119N17O18S. The first-order chi connectivity index (χ1) is 46.8. The van der Waals surface area contributed by atoms with Crippen molar-refractivity contribution in [1.82, 2.24) is 31.9 Å². The zero-order valence-corrected chi connectivity index (χ0v) is 58.1. The molecule has 2 rings (SSSR count). The summed E-state index contributed by atoms with van der Waals surface area (Å²) in [5.74, 6) is -1.92. The zero-order chi connectivity index (χ0) is 72.8. The van der Waals surface area contributed by atoms with Crippen molar-refractivity contribution in [3.63, 3.8) is 0 Å². The molecule has 0 atom stereocenters. The molecule has 7 amide bonds. The molecule has 0 aliphatic heterocycles. The smallest absolute Gasteiger partial charge is 0.367 e. The Kier molecular flexibility index (Phi) is 68.4. The number of likely N-dealkylation sites (N-methyl/N-ethyl adjacent to an activating group) is 1. The number of carbonyl (C=O) groups is 7. The molecule has 36 heteroatoms. The second-order valence-corrected chi connectivity index (χ2v) is 21.4. The molecule has 0 fully saturated rings. The third-order valence-corrected chi connectivity index (χ3v) is 12.2. The van der Waals surface area contributed by atoms with Crippen LogP contribution in [-0.4, -0.2) is 265 Å². The summed E-state index contributed by atoms with van der Waals surface area (Å²) in [7, 11) is -3.24. The van der Waals surface area contributed by atoms with Gasteiger partial charge in [-0.05, 0) is 141 Å². The molecule has 0 aliphatic carbocycles. The van der Waals surface area contributed by atoms with Gasteiger partial charge in [0, 0.05) is 112 Å². The van der Waals surface area contributed by atoms with E-state index in [0.717, 1.165) is 25.7 Å². The third-order valence-electron chi connectivity index (χ3n) is 11.7. The number of rotatable bonds is 53. The van der Waals surface area contributed by atoms with E-state index >= 15 is 0 Å². The Balaban J connectivity index is -0.00000118. The van der Waals surface area contributed by atoms with Crippen molar-refractivity contribution in [2.45, 2.75) is 64.7 Å². The molecule has 0 aliphatic rings. The molecule has 0 heterocycles. The predicted molar refractivity (Wildman–Crippen MR) is 374 cm³/mol. The van der Waals surface area contributed by atoms with Crippen molar-refractivity contribution in [3.05, 3.63) is 58.7 Å². The summed E-state index contributed by atoms with van der Waals surface area (Å²) in [6.45, 7) is 19.0. The summed E-state index contributed by atoms with van der Waals surface area (Å²) in [4.78, 5) is 83.1. The molecule has 35 nitrogen and oxygen atoms in total. The van der Waals surface area contributed by atoms with Crippen LogP contribution in [0.25, 0.3) is 0 Å². The highest BCUT2D eigenvalue weighted by Gasteiger charge is 2.21. The molecule has 0 spiro atoms. The lowest BCUT2D eigenvalue weighted by atomic mass is 10.1. The van der Waals surface area contributed by atoms with Gasteiger partial charge in [0.15, 0.2) is 0 Å². The van der Waals surface area contributed by atoms with Gasteiger partial charge in [0.25, 0.3) is 23.6 Å². The Morgan fingerprint density at radius 2 is 0.619 bits per heavy atom. The summed E-state index contributed by atoms with van der Waals surface area (Å²) >= 11 is 0. The Hall–Kier alpha value is -6.08. The highest BCUT2D eigenvalue weighted by molar-refractivity contribution is 8.01. The Morgan fingerprint density at radius 3 is 0.887 bits per heavy atom. The zero-order valence-electron chi connectivity index (χ0n) is 57.2. The number of amides is 7. The fraction of sp³-hybridized carbons (Fsp3) is 0.689. The number of benzene rings is 2. The first kappa shape index (κ1) is 95.1. The number of anilines is 2. The van der Waals surface area contributed by atoms with Crippen molar-refractivity contribution in [1.29, 1.82) is 0 Å². The molecule has 0 saturated carbocycles. The number of hydrogen-bond acceptors (Lipinski definition) is 27. The van der Waals surface area contributed by atoms with Gasteiger partial charge in [-0.25, -0.2) is 0 Å². The van der Waals surface area contributed by atoms with E-state index in [1.54, 1.807) is 26.1 Å². The summed E-state index contributed by atoms with van der Waals surface area (Å²) in [5.41, 5.74) is 48.7. The SMILES string of the molecule is CCC(=O)Nc1cc(C(=O)NCCCN)cc(C(=O)NCCCN)c1.CNCC(=O)NCCCOCCOCCOCCCN.NCCCNC(=O)c1cc(NC(=O)S(=O)(=O)O)cc(C(=O)NCCCN)c1.NCCCOCCOCCOCCCN.NCCOCCOCCN. The molecule has 2 aromatic rings. The number of ether oxygens (including phenoxy) is 8. The van der Waals surface area contributed by atoms with Gasteiger partial charge in [-0.1, -0.05) is 6.92 Å². The largest absolute Gasteiger partial charge is 0.379 e. The molecule has 0 saturated heterocycles. The maximum absolute atomic E-state index is 12.2. The van der Waals surface area contributed by atoms with Gasteiger partial charge in [0.05, 0.1) is 85.8 Å². The van der Waals surface area contributed by atoms with E-state index in [9.17, 15) is 42.0 Å². The van der Waals surface area contributed by atoms with Gasteiger partial charge in [0.2, 0.25) is 11.8 Å². The summed E-state index contributed by atoms with van der Waals surface area (Å²) in [6, 6.07) is 8.23. The Labute approximate surface area is 573 Å². The van der Waals surface area contributed by atoms with Crippen LogP contribution in [0.1, 0.15) is 106 Å². The minimum Gasteiger partial charge on any atom is -0.379 e. The molecular weight excluding hydrogens is 1290 g/mol. The van der Waals surface area contributed by atoms with Crippen LogP contribution in [0.5, 0.6) is 0 Å². The van der Waals surface area contributed by atoms with E-state index < -0.39 is 27.2 Å². The fourth-order valence-corrected chi connectivity index (χ4v) is 6.98. The highest BCUT2D eigenvalue weighted by atomic mass is 32.2. The minimum atomic E-state index is -4.98. The first-order valence-electron chi connectivity index (χ1n) is 32.7. The quantitative estimate of drug-likeness (QED) is 0.0236. The topological polar surface area (TPSA) is 578 Å². The average molecular weight is 1410 g/mol. The van der Waals surface area contributed by atoms with Crippen LogP contribution in [0.3, 0.4) is 0 Å². The fourth-order valence-electron chi connectivity index (χ4n) is 6.73. The average Bonchev–Trinajstić information content (AvgIpc) is 0.855. The predicted octanol–water partition coefficient (Wildman–Crippen LogP) is -2.76. The summed E-state index contributed by atoms with van der Waals surface area (Å²) in [6.07, 6.45) is 6.19. The van der Waals surface area contributed by atoms with Crippen LogP contribution in [0.2, 0.25) is 0 Å². The molecule has 0 bridgehead atoms. The lowest BCUT2D eigenvalue weighted by Gasteiger charge is -2.11. The number of nitrogens with one attached hydrogen (secondary N) is 8. The van der Waals surface area contributed by atoms with Crippen molar-refractivity contribution in [2.24, 2.45) is 51.6 Å². The summed E-state index contributed by atoms with van der Waals surface area (Å²) in [5, 5.41) is 19.1. The van der Waals surface area contributed by atoms with Crippen molar-refractivity contribution < 1.29 is 84.4 Å². The van der Waals surface area contributed by atoms with Gasteiger partial charge in [0.1, 0.15) is 0 Å². The van der Waals surface area contributed by atoms with Crippen LogP contribution in [0.4, 0.5) is 16.2 Å². The lowest BCUT2D eigenvalue weighted by Crippen LogP contribution is -2.33. The standard InChI is InChI=1S/C17H27N5O3.C15H23N5O6S.C13H29N3O4.C10H24N2O3.C6H16N2O2/c1-2-15(23)22-14-10-12(16(24)20-7-3-5-18)9-13(11-14)17(25)21-8-4-6-19;16-3-1-5-18-13(21)10-7-11(14(22)19-6-2-4-17)9-12(8-10)20-15(23)27(24,25)26;1-15-12-13(17)16-5-3-7-19-9-11-20-10-8-18-6-2-4-14;11-3-1-5-13-7-9-15-10-8-14-6-2-4-12;7-1-3-9-5-6-10-4-2-8/h9-11H,2-8,18-19H2,1H3,(H,20,24)(H,21,25)(H,22,23);7-9H,1-6,16-17H2,(H,18,21)(H,19,22)(H,20,23)(H,24,25,26);15H,2-12,14H2,1H3,(H,16,17);1-12H2;1-8H2. The van der Waals surface area contributed by atoms with Crippen molar-refractivity contribution in [3.8, 4) is 0 Å². The van der Waals surface area contributed by atoms with Gasteiger partial charge >= 0.3 is 15.4 Å². The molecule has 0 radical (unpaired) electrons. The number of hydrogen-bond donors (Lipinski definition) is 18. The van der Waals surface area contributed by atoms with E-state index in [1.165, 1.54) is 24.3 Å². The molecule has 0 unspecified atom stereocenters. The van der Waals surface area contributed by atoms with Gasteiger partial charge < -0.3 is 132 Å². The van der Waals surface area contributed by atoms with Gasteiger partial charge in [-0.2, -0.15) is 8.42 Å². The van der Waals surface area contributed by atoms with Crippen LogP contribution in [0, 0.1) is 0 Å². The highest BCUT2D eigenvalue weighted by Crippen LogP contribution is 2.18. The summed E-state index contributed by atoms with van der Waals surface area (Å²) < 4.78 is 72.4. The molecule has 27 N–H and O–H groups in total. The second kappa shape index (κ2) is 69.8. The maximum Gasteiger partial charge on any atom is 0.367 e. The molecule has 0 aromatic heterocycles. The molecule has 2 aromatic carbocycles. The van der Waals surface area contributed by atoms with Gasteiger partial charge in [-0.15, -0.1) is 0 Å². The van der Waals surface area contributed by atoms with Crippen molar-refractivity contribution >= 4 is 62.2 Å². The van der Waals surface area contributed by atoms with E-state index in [-0.39, 0.29) is 40.4 Å². The van der Waals surface area contributed by atoms with Crippen LogP contribution < -0.4 is 94.1 Å². The van der Waals surface area contributed by atoms with E-state index in [1.807, 2.05) is 5.32 Å². The van der Waals surface area contributed by atoms with E-state index in [2.05, 4.69) is 37.2 Å². The van der Waals surface area contributed by atoms with Crippen molar-refractivity contribution in [2.75, 3.05) is 222 Å². The first-order valence-corrected chi connectivity index (χ1v) is 34.1. The van der Waals surface area contributed by atoms with E-state index in [4.69, 9.17) is 94.1 Å². The van der Waals surface area contributed by atoms with E-state index in [0.29, 0.717) is 253 Å². The minimum absolute atomic E-state index is 0.00506. The number of nitrogens with two attached hydrogens (primary N) is 9. The van der Waals surface area contributed by atoms with Gasteiger partial charge in [-0.3, -0.25) is 38.1 Å². The second-order valence-electron chi connectivity index (χ2n) is 20.1. The molecule has 562 valence electrons. The van der Waals surface area contributed by atoms with Crippen LogP contribution >= 0.6 is 0 Å². The normalized spacial score (nSPS) is 10.6. The third kappa shape index (κ3) is 60.8. The monoisotopic (exact) mass is 1410 g/mol. The molecule has 97 heavy (non-hydrogen) atoms.